The number of hydrogen-bond donors (Lipinski definition) is 2. The largest absolute Gasteiger partial charge is 0.382 e. The zero-order valence-electron chi connectivity index (χ0n) is 38.7. The highest BCUT2D eigenvalue weighted by Gasteiger charge is 2.25. The highest BCUT2D eigenvalue weighted by Crippen LogP contribution is 2.41. The molecule has 14 nitrogen and oxygen atoms in total. The van der Waals surface area contributed by atoms with Crippen LogP contribution < -0.4 is 10.6 Å². The molecule has 0 radical (unpaired) electrons. The molecule has 2 fully saturated rings. The number of nitrogens with one attached hydrogen (secondary N) is 2. The van der Waals surface area contributed by atoms with Gasteiger partial charge in [0.25, 0.3) is 0 Å². The zero-order valence-corrected chi connectivity index (χ0v) is 41.9. The lowest BCUT2D eigenvalue weighted by molar-refractivity contribution is 0.346. The summed E-state index contributed by atoms with van der Waals surface area (Å²) in [6, 6.07) is 20.3. The predicted molar refractivity (Wildman–Crippen MR) is 285 cm³/mol. The number of nitrogens with zero attached hydrogens (tertiary/aromatic N) is 12. The van der Waals surface area contributed by atoms with Crippen molar-refractivity contribution in [3.05, 3.63) is 104 Å². The van der Waals surface area contributed by atoms with Gasteiger partial charge in [0.05, 0.1) is 73.1 Å². The van der Waals surface area contributed by atoms with Crippen LogP contribution in [0, 0.1) is 34.5 Å². The van der Waals surface area contributed by atoms with Gasteiger partial charge >= 0.3 is 0 Å². The second kappa shape index (κ2) is 23.9. The third kappa shape index (κ3) is 12.7. The number of halogens is 1. The molecule has 0 aromatic carbocycles. The van der Waals surface area contributed by atoms with Gasteiger partial charge in [-0.2, -0.15) is 20.7 Å². The monoisotopic (exact) mass is 1030 g/mol. The summed E-state index contributed by atoms with van der Waals surface area (Å²) in [7, 11) is 0. The topological polar surface area (TPSA) is 184 Å². The molecule has 2 N–H and O–H groups in total. The van der Waals surface area contributed by atoms with E-state index in [-0.39, 0.29) is 20.9 Å². The molecule has 360 valence electrons. The van der Waals surface area contributed by atoms with Crippen molar-refractivity contribution in [2.24, 2.45) is 11.8 Å². The zero-order chi connectivity index (χ0) is 47.0. The highest BCUT2D eigenvalue weighted by molar-refractivity contribution is 9.10. The van der Waals surface area contributed by atoms with Crippen LogP contribution in [0.4, 0.5) is 11.4 Å². The molecule has 2 saturated carbocycles. The van der Waals surface area contributed by atoms with E-state index < -0.39 is 0 Å². The summed E-state index contributed by atoms with van der Waals surface area (Å²) >= 11 is 6.91. The maximum atomic E-state index is 9.15. The molecule has 8 heterocycles. The lowest BCUT2D eigenvalue weighted by Crippen LogP contribution is -2.11. The number of rotatable bonds is 9. The van der Waals surface area contributed by atoms with E-state index in [2.05, 4.69) is 122 Å². The minimum Gasteiger partial charge on any atom is -0.382 e. The number of fused-ring (bicyclic) bond motifs is 2. The van der Waals surface area contributed by atoms with Crippen LogP contribution in [0.25, 0.3) is 44.4 Å². The van der Waals surface area contributed by atoms with Crippen molar-refractivity contribution in [1.82, 2.24) is 49.6 Å². The average Bonchev–Trinajstić information content (AvgIpc) is 4.18. The Morgan fingerprint density at radius 1 is 0.638 bits per heavy atom. The molecule has 0 amide bonds. The van der Waals surface area contributed by atoms with Gasteiger partial charge < -0.3 is 10.6 Å². The van der Waals surface area contributed by atoms with Crippen molar-refractivity contribution in [1.29, 1.82) is 10.5 Å². The number of hydrogen-bond acceptors (Lipinski definition) is 14. The summed E-state index contributed by atoms with van der Waals surface area (Å²) in [6.45, 7) is 13.1. The molecule has 0 bridgehead atoms. The van der Waals surface area contributed by atoms with Crippen LogP contribution in [0.3, 0.4) is 0 Å². The van der Waals surface area contributed by atoms with E-state index >= 15 is 0 Å². The Bertz CT molecular complexity index is 3000. The van der Waals surface area contributed by atoms with E-state index in [1.807, 2.05) is 58.7 Å². The first kappa shape index (κ1) is 52.2. The second-order valence-corrected chi connectivity index (χ2v) is 20.9. The minimum atomic E-state index is 0. The number of pyridine rings is 2. The summed E-state index contributed by atoms with van der Waals surface area (Å²) in [6.07, 6.45) is 17.1. The van der Waals surface area contributed by atoms with Gasteiger partial charge in [-0.15, -0.1) is 31.7 Å². The maximum Gasteiger partial charge on any atom is 0.151 e. The van der Waals surface area contributed by atoms with E-state index in [1.54, 1.807) is 45.8 Å². The molecule has 0 unspecified atom stereocenters. The van der Waals surface area contributed by atoms with Crippen molar-refractivity contribution in [3.63, 3.8) is 0 Å². The fourth-order valence-electron chi connectivity index (χ4n) is 8.59. The standard InChI is InChI=1S/C25H27N7S.C16H14BrN5.C9H14N2S.2CH4/c1-15(2)29-21-11-22(23-9-8-19-10-17(12-26)13-28-32(19)23)27-14-20(21)25-31-30-24(33-25)18-6-4-16(3)5-7-18;1-10(2)21-14-6-15(19-9-13(14)17)16-4-3-12-5-11(7-18)8-20-22(12)16;1-7-2-4-8(5-3-7)9-11-10-6-12-9;;/h8-11,13-16,18H,4-7H2,1-3H3,(H,27,29);3-6,8-10H,1-2H3,(H,19,21);6-8H,2-5H2,1H3;2*1H4. The Morgan fingerprint density at radius 2 is 1.14 bits per heavy atom. The first-order valence-electron chi connectivity index (χ1n) is 23.0. The molecule has 0 aliphatic heterocycles. The quantitative estimate of drug-likeness (QED) is 0.140. The Balaban J connectivity index is 0.000000187. The van der Waals surface area contributed by atoms with Gasteiger partial charge in [-0.25, -0.2) is 9.03 Å². The number of aromatic nitrogens is 10. The van der Waals surface area contributed by atoms with E-state index in [9.17, 15) is 0 Å². The van der Waals surface area contributed by atoms with Crippen LogP contribution in [0.15, 0.2) is 83.3 Å². The summed E-state index contributed by atoms with van der Waals surface area (Å²) < 4.78 is 4.52. The molecule has 17 heteroatoms. The molecule has 10 rings (SSSR count). The smallest absolute Gasteiger partial charge is 0.151 e. The molecular formula is C52H63BrN14S2. The molecule has 2 aliphatic rings. The van der Waals surface area contributed by atoms with Gasteiger partial charge in [0, 0.05) is 42.0 Å². The van der Waals surface area contributed by atoms with E-state index in [4.69, 9.17) is 15.5 Å². The predicted octanol–water partition coefficient (Wildman–Crippen LogP) is 13.9. The van der Waals surface area contributed by atoms with Crippen molar-refractivity contribution in [2.45, 2.75) is 132 Å². The first-order valence-corrected chi connectivity index (χ1v) is 25.5. The van der Waals surface area contributed by atoms with Gasteiger partial charge in [-0.05, 0) is 130 Å². The van der Waals surface area contributed by atoms with Gasteiger partial charge in [0.2, 0.25) is 0 Å². The first-order chi connectivity index (χ1) is 32.5. The average molecular weight is 1030 g/mol. The number of nitriles is 2. The summed E-state index contributed by atoms with van der Waals surface area (Å²) in [4.78, 5) is 9.23. The Kier molecular flexibility index (Phi) is 18.1. The molecule has 8 aromatic heterocycles. The molecule has 2 aliphatic carbocycles. The van der Waals surface area contributed by atoms with Crippen LogP contribution in [0.2, 0.25) is 0 Å². The summed E-state index contributed by atoms with van der Waals surface area (Å²) in [5.41, 5.74) is 11.0. The highest BCUT2D eigenvalue weighted by atomic mass is 79.9. The van der Waals surface area contributed by atoms with E-state index in [0.717, 1.165) is 77.1 Å². The van der Waals surface area contributed by atoms with Crippen molar-refractivity contribution in [2.75, 3.05) is 10.6 Å². The summed E-state index contributed by atoms with van der Waals surface area (Å²) in [5.74, 6) is 2.99. The third-order valence-corrected chi connectivity index (χ3v) is 14.8. The second-order valence-electron chi connectivity index (χ2n) is 18.2. The van der Waals surface area contributed by atoms with Gasteiger partial charge in [0.1, 0.15) is 27.7 Å². The van der Waals surface area contributed by atoms with Crippen molar-refractivity contribution >= 4 is 61.0 Å². The van der Waals surface area contributed by atoms with Gasteiger partial charge in [-0.1, -0.05) is 65.7 Å². The van der Waals surface area contributed by atoms with E-state index in [1.165, 1.54) is 56.4 Å². The normalized spacial score (nSPS) is 17.6. The van der Waals surface area contributed by atoms with Crippen LogP contribution in [-0.2, 0) is 0 Å². The Hall–Kier alpha value is -6.14. The molecule has 8 aromatic rings. The molecule has 0 atom stereocenters. The molecule has 0 spiro atoms. The van der Waals surface area contributed by atoms with Crippen molar-refractivity contribution in [3.8, 4) is 45.5 Å². The molecular weight excluding hydrogens is 965 g/mol. The molecule has 69 heavy (non-hydrogen) atoms. The minimum absolute atomic E-state index is 0. The third-order valence-electron chi connectivity index (χ3n) is 12.2. The Labute approximate surface area is 422 Å². The lowest BCUT2D eigenvalue weighted by atomic mass is 9.83. The van der Waals surface area contributed by atoms with Crippen molar-refractivity contribution < 1.29 is 0 Å². The van der Waals surface area contributed by atoms with Crippen LogP contribution in [-0.4, -0.2) is 61.7 Å². The van der Waals surface area contributed by atoms with Crippen LogP contribution in [0.1, 0.15) is 141 Å². The SMILES string of the molecule is C.C.CC(C)Nc1cc(-c2ccc3cc(C#N)cnn23)ncc1Br.CC1CCC(c2nnc(-c3cnc(-c4ccc5cc(C#N)cnn45)cc3NC(C)C)s2)CC1.CC1CCC(c2nncs2)CC1. The number of anilines is 2. The Morgan fingerprint density at radius 3 is 1.65 bits per heavy atom. The molecule has 0 saturated heterocycles. The van der Waals surface area contributed by atoms with E-state index in [0.29, 0.717) is 29.0 Å². The van der Waals surface area contributed by atoms with Crippen LogP contribution in [0.5, 0.6) is 0 Å². The van der Waals surface area contributed by atoms with Gasteiger partial charge in [0.15, 0.2) is 5.01 Å². The maximum absolute atomic E-state index is 9.15. The summed E-state index contributed by atoms with van der Waals surface area (Å²) in [5, 5.41) is 54.2. The van der Waals surface area contributed by atoms with Gasteiger partial charge in [-0.3, -0.25) is 9.97 Å². The fraction of sp³-hybridized carbons (Fsp3) is 0.423. The van der Waals surface area contributed by atoms with Crippen LogP contribution >= 0.6 is 38.6 Å². The lowest BCUT2D eigenvalue weighted by Gasteiger charge is -2.23. The fourth-order valence-corrected chi connectivity index (χ4v) is 10.7.